The van der Waals surface area contributed by atoms with E-state index < -0.39 is 6.43 Å². The Labute approximate surface area is 122 Å². The van der Waals surface area contributed by atoms with Crippen molar-refractivity contribution < 1.29 is 8.78 Å². The second-order valence-corrected chi connectivity index (χ2v) is 5.37. The molecule has 0 saturated carbocycles. The van der Waals surface area contributed by atoms with Gasteiger partial charge in [0.25, 0.3) is 0 Å². The maximum absolute atomic E-state index is 12.5. The van der Waals surface area contributed by atoms with Crippen LogP contribution in [0.3, 0.4) is 0 Å². The minimum Gasteiger partial charge on any atom is -0.210 e. The predicted molar refractivity (Wildman–Crippen MR) is 80.6 cm³/mol. The molecule has 1 unspecified atom stereocenters. The quantitative estimate of drug-likeness (QED) is 0.474. The van der Waals surface area contributed by atoms with Crippen molar-refractivity contribution in [3.05, 3.63) is 23.3 Å². The zero-order valence-electron chi connectivity index (χ0n) is 13.2. The highest BCUT2D eigenvalue weighted by Gasteiger charge is 2.30. The molecule has 1 nitrogen and oxygen atoms in total. The summed E-state index contributed by atoms with van der Waals surface area (Å²) in [5, 5.41) is 9.14. The minimum absolute atomic E-state index is 0.192. The molecule has 0 N–H and O–H groups in total. The molecule has 0 spiro atoms. The average Bonchev–Trinajstić information content (AvgIpc) is 2.37. The Morgan fingerprint density at radius 1 is 1.30 bits per heavy atom. The first-order valence-electron chi connectivity index (χ1n) is 7.48. The highest BCUT2D eigenvalue weighted by atomic mass is 19.3. The van der Waals surface area contributed by atoms with Gasteiger partial charge in [-0.15, -0.1) is 0 Å². The molecule has 0 radical (unpaired) electrons. The van der Waals surface area contributed by atoms with Gasteiger partial charge in [0.1, 0.15) is 0 Å². The number of rotatable bonds is 9. The van der Waals surface area contributed by atoms with Crippen molar-refractivity contribution in [2.75, 3.05) is 0 Å². The summed E-state index contributed by atoms with van der Waals surface area (Å²) in [5.41, 5.74) is 1.55. The van der Waals surface area contributed by atoms with Crippen LogP contribution < -0.4 is 0 Å². The standard InChI is InChI=1S/C17H27F2N/c1-5-8-15(12-14(4)13-16(18)19)17(7-3,9-6-2)10-11-20/h8,12,16H,5-7,9-10,13H2,1-4H3/b14-12+,15-8+. The molecule has 20 heavy (non-hydrogen) atoms. The van der Waals surface area contributed by atoms with Crippen molar-refractivity contribution in [1.29, 1.82) is 5.26 Å². The Morgan fingerprint density at radius 3 is 2.35 bits per heavy atom. The van der Waals surface area contributed by atoms with E-state index in [-0.39, 0.29) is 11.8 Å². The molecule has 0 aliphatic heterocycles. The number of hydrogen-bond acceptors (Lipinski definition) is 1. The second kappa shape index (κ2) is 9.69. The molecule has 1 atom stereocenters. The van der Waals surface area contributed by atoms with Crippen LogP contribution in [0.4, 0.5) is 8.78 Å². The third-order valence-electron chi connectivity index (χ3n) is 3.74. The van der Waals surface area contributed by atoms with Crippen molar-refractivity contribution in [1.82, 2.24) is 0 Å². The monoisotopic (exact) mass is 283 g/mol. The number of allylic oxidation sites excluding steroid dienone is 4. The van der Waals surface area contributed by atoms with Gasteiger partial charge >= 0.3 is 0 Å². The summed E-state index contributed by atoms with van der Waals surface area (Å²) in [6.45, 7) is 7.96. The SMILES string of the molecule is CC/C=C(\C=C(/C)CC(F)F)C(CC)(CC#N)CCC. The van der Waals surface area contributed by atoms with Crippen LogP contribution >= 0.6 is 0 Å². The first-order chi connectivity index (χ1) is 9.45. The van der Waals surface area contributed by atoms with E-state index in [0.29, 0.717) is 12.0 Å². The molecule has 0 rings (SSSR count). The lowest BCUT2D eigenvalue weighted by Crippen LogP contribution is -2.22. The molecule has 0 saturated heterocycles. The third-order valence-corrected chi connectivity index (χ3v) is 3.74. The summed E-state index contributed by atoms with van der Waals surface area (Å²) in [4.78, 5) is 0. The lowest BCUT2D eigenvalue weighted by Gasteiger charge is -2.32. The number of hydrogen-bond donors (Lipinski definition) is 0. The van der Waals surface area contributed by atoms with Gasteiger partial charge in [-0.05, 0) is 31.8 Å². The maximum atomic E-state index is 12.5. The molecule has 0 fully saturated rings. The summed E-state index contributed by atoms with van der Waals surface area (Å²) in [5.74, 6) is 0. The molecule has 0 aliphatic rings. The summed E-state index contributed by atoms with van der Waals surface area (Å²) in [6, 6.07) is 2.28. The summed E-state index contributed by atoms with van der Waals surface area (Å²) in [7, 11) is 0. The Kier molecular flexibility index (Phi) is 9.12. The van der Waals surface area contributed by atoms with Crippen LogP contribution in [-0.2, 0) is 0 Å². The van der Waals surface area contributed by atoms with Gasteiger partial charge in [0.15, 0.2) is 0 Å². The zero-order valence-corrected chi connectivity index (χ0v) is 13.2. The van der Waals surface area contributed by atoms with Gasteiger partial charge in [-0.1, -0.05) is 44.9 Å². The Bertz CT molecular complexity index is 377. The first-order valence-corrected chi connectivity index (χ1v) is 7.48. The van der Waals surface area contributed by atoms with Crippen molar-refractivity contribution in [3.8, 4) is 6.07 Å². The Balaban J connectivity index is 5.50. The fourth-order valence-electron chi connectivity index (χ4n) is 2.69. The van der Waals surface area contributed by atoms with Crippen LogP contribution in [0.15, 0.2) is 23.3 Å². The van der Waals surface area contributed by atoms with Gasteiger partial charge in [-0.25, -0.2) is 8.78 Å². The van der Waals surface area contributed by atoms with E-state index in [4.69, 9.17) is 5.26 Å². The summed E-state index contributed by atoms with van der Waals surface area (Å²) >= 11 is 0. The Morgan fingerprint density at radius 2 is 1.95 bits per heavy atom. The van der Waals surface area contributed by atoms with Gasteiger partial charge in [0.2, 0.25) is 6.43 Å². The van der Waals surface area contributed by atoms with Gasteiger partial charge in [0.05, 0.1) is 6.07 Å². The van der Waals surface area contributed by atoms with Gasteiger partial charge in [-0.2, -0.15) is 5.26 Å². The van der Waals surface area contributed by atoms with Crippen LogP contribution in [0.1, 0.15) is 66.2 Å². The number of nitriles is 1. The maximum Gasteiger partial charge on any atom is 0.242 e. The van der Waals surface area contributed by atoms with Crippen LogP contribution in [0.2, 0.25) is 0 Å². The van der Waals surface area contributed by atoms with Gasteiger partial charge in [-0.3, -0.25) is 0 Å². The minimum atomic E-state index is -2.31. The molecule has 114 valence electrons. The van der Waals surface area contributed by atoms with Crippen molar-refractivity contribution in [2.24, 2.45) is 5.41 Å². The molecule has 3 heteroatoms. The summed E-state index contributed by atoms with van der Waals surface area (Å²) < 4.78 is 25.0. The van der Waals surface area contributed by atoms with Crippen molar-refractivity contribution in [2.45, 2.75) is 72.6 Å². The molecule has 0 aromatic heterocycles. The second-order valence-electron chi connectivity index (χ2n) is 5.37. The van der Waals surface area contributed by atoms with E-state index in [1.165, 1.54) is 0 Å². The average molecular weight is 283 g/mol. The van der Waals surface area contributed by atoms with E-state index in [1.54, 1.807) is 6.92 Å². The lowest BCUT2D eigenvalue weighted by atomic mass is 9.71. The third kappa shape index (κ3) is 5.86. The number of halogens is 2. The topological polar surface area (TPSA) is 23.8 Å². The molecule has 0 amide bonds. The van der Waals surface area contributed by atoms with E-state index in [1.807, 2.05) is 13.0 Å². The predicted octanol–water partition coefficient (Wildman–Crippen LogP) is 6.03. The molecule has 0 heterocycles. The van der Waals surface area contributed by atoms with Gasteiger partial charge < -0.3 is 0 Å². The molecule has 0 aromatic rings. The molecule has 0 aromatic carbocycles. The van der Waals surface area contributed by atoms with Crippen LogP contribution in [0.5, 0.6) is 0 Å². The molecular weight excluding hydrogens is 256 g/mol. The highest BCUT2D eigenvalue weighted by molar-refractivity contribution is 5.31. The molecular formula is C17H27F2N. The van der Waals surface area contributed by atoms with Crippen LogP contribution in [-0.4, -0.2) is 6.43 Å². The van der Waals surface area contributed by atoms with E-state index in [9.17, 15) is 8.78 Å². The van der Waals surface area contributed by atoms with Crippen LogP contribution in [0, 0.1) is 16.7 Å². The first kappa shape index (κ1) is 18.8. The summed E-state index contributed by atoms with van der Waals surface area (Å²) in [6.07, 6.45) is 5.52. The Hall–Kier alpha value is -1.17. The zero-order chi connectivity index (χ0) is 15.6. The molecule has 0 bridgehead atoms. The van der Waals surface area contributed by atoms with E-state index in [2.05, 4.69) is 26.0 Å². The smallest absolute Gasteiger partial charge is 0.210 e. The normalized spacial score (nSPS) is 16.1. The van der Waals surface area contributed by atoms with E-state index in [0.717, 1.165) is 31.3 Å². The lowest BCUT2D eigenvalue weighted by molar-refractivity contribution is 0.149. The fourth-order valence-corrected chi connectivity index (χ4v) is 2.69. The largest absolute Gasteiger partial charge is 0.242 e. The van der Waals surface area contributed by atoms with Gasteiger partial charge in [0, 0.05) is 18.3 Å². The number of nitrogens with zero attached hydrogens (tertiary/aromatic N) is 1. The van der Waals surface area contributed by atoms with Crippen LogP contribution in [0.25, 0.3) is 0 Å². The fraction of sp³-hybridized carbons (Fsp3) is 0.706. The van der Waals surface area contributed by atoms with Crippen molar-refractivity contribution in [3.63, 3.8) is 0 Å². The highest BCUT2D eigenvalue weighted by Crippen LogP contribution is 2.41. The number of alkyl halides is 2. The molecule has 0 aliphatic carbocycles. The van der Waals surface area contributed by atoms with Crippen molar-refractivity contribution >= 4 is 0 Å². The van der Waals surface area contributed by atoms with E-state index >= 15 is 0 Å².